The van der Waals surface area contributed by atoms with Crippen molar-refractivity contribution in [2.24, 2.45) is 0 Å². The smallest absolute Gasteiger partial charge is 0.266 e. The number of rotatable bonds is 3. The van der Waals surface area contributed by atoms with Gasteiger partial charge in [0.15, 0.2) is 0 Å². The first kappa shape index (κ1) is 18.3. The molecule has 7 heteroatoms. The van der Waals surface area contributed by atoms with E-state index in [2.05, 4.69) is 16.8 Å². The minimum Gasteiger partial charge on any atom is -0.367 e. The number of aromatic nitrogens is 2. The lowest BCUT2D eigenvalue weighted by Crippen LogP contribution is -2.44. The van der Waals surface area contributed by atoms with Crippen molar-refractivity contribution >= 4 is 39.8 Å². The van der Waals surface area contributed by atoms with Crippen LogP contribution in [0.4, 0.5) is 5.69 Å². The molecule has 5 nitrogen and oxygen atoms in total. The van der Waals surface area contributed by atoms with Gasteiger partial charge in [-0.3, -0.25) is 9.36 Å². The van der Waals surface area contributed by atoms with Gasteiger partial charge < -0.3 is 9.80 Å². The predicted molar refractivity (Wildman–Crippen MR) is 112 cm³/mol. The molecule has 0 bridgehead atoms. The molecule has 0 atom stereocenters. The summed E-state index contributed by atoms with van der Waals surface area (Å²) in [4.78, 5) is 22.7. The van der Waals surface area contributed by atoms with Gasteiger partial charge in [0, 0.05) is 26.2 Å². The molecule has 0 spiro atoms. The van der Waals surface area contributed by atoms with Gasteiger partial charge >= 0.3 is 0 Å². The Labute approximate surface area is 167 Å². The molecule has 0 unspecified atom stereocenters. The lowest BCUT2D eigenvalue weighted by Gasteiger charge is -2.34. The van der Waals surface area contributed by atoms with E-state index in [4.69, 9.17) is 28.2 Å². The zero-order chi connectivity index (χ0) is 19.0. The molecule has 0 N–H and O–H groups in total. The Morgan fingerprint density at radius 2 is 1.70 bits per heavy atom. The van der Waals surface area contributed by atoms with Crippen molar-refractivity contribution < 1.29 is 0 Å². The summed E-state index contributed by atoms with van der Waals surface area (Å²) >= 11 is 12.5. The zero-order valence-corrected chi connectivity index (χ0v) is 16.5. The fourth-order valence-electron chi connectivity index (χ4n) is 3.51. The van der Waals surface area contributed by atoms with Crippen molar-refractivity contribution in [2.75, 3.05) is 38.1 Å². The van der Waals surface area contributed by atoms with Crippen LogP contribution in [0.2, 0.25) is 5.02 Å². The molecule has 27 heavy (non-hydrogen) atoms. The van der Waals surface area contributed by atoms with E-state index in [1.807, 2.05) is 30.3 Å². The predicted octanol–water partition coefficient (Wildman–Crippen LogP) is 3.53. The van der Waals surface area contributed by atoms with E-state index in [0.717, 1.165) is 31.9 Å². The minimum absolute atomic E-state index is 0.119. The Morgan fingerprint density at radius 1 is 1.00 bits per heavy atom. The first-order chi connectivity index (χ1) is 13.1. The zero-order valence-electron chi connectivity index (χ0n) is 15.0. The lowest BCUT2D eigenvalue weighted by molar-refractivity contribution is 0.313. The number of hydrogen-bond acceptors (Lipinski definition) is 4. The van der Waals surface area contributed by atoms with E-state index in [-0.39, 0.29) is 11.4 Å². The SMILES string of the molecule is CN1CCN(c2cccc3c(=O)n(-c4ccccc4Cl)c(CCl)nc23)CC1. The highest BCUT2D eigenvalue weighted by molar-refractivity contribution is 6.32. The second kappa shape index (κ2) is 7.50. The number of hydrogen-bond donors (Lipinski definition) is 0. The third kappa shape index (κ3) is 3.31. The summed E-state index contributed by atoms with van der Waals surface area (Å²) in [6.45, 7) is 3.77. The highest BCUT2D eigenvalue weighted by Gasteiger charge is 2.20. The molecule has 1 aliphatic heterocycles. The first-order valence-corrected chi connectivity index (χ1v) is 9.80. The quantitative estimate of drug-likeness (QED) is 0.628. The van der Waals surface area contributed by atoms with Crippen LogP contribution >= 0.6 is 23.2 Å². The van der Waals surface area contributed by atoms with E-state index in [9.17, 15) is 4.79 Å². The molecule has 4 rings (SSSR count). The topological polar surface area (TPSA) is 41.4 Å². The van der Waals surface area contributed by atoms with Gasteiger partial charge in [0.2, 0.25) is 0 Å². The number of alkyl halides is 1. The third-order valence-corrected chi connectivity index (χ3v) is 5.56. The second-order valence-electron chi connectivity index (χ2n) is 6.72. The molecule has 0 amide bonds. The van der Waals surface area contributed by atoms with E-state index < -0.39 is 0 Å². The molecule has 1 aromatic heterocycles. The average molecular weight is 403 g/mol. The molecular weight excluding hydrogens is 383 g/mol. The van der Waals surface area contributed by atoms with Crippen LogP contribution in [0.3, 0.4) is 0 Å². The van der Waals surface area contributed by atoms with Crippen molar-refractivity contribution in [3.05, 3.63) is 63.7 Å². The van der Waals surface area contributed by atoms with Crippen LogP contribution in [0.5, 0.6) is 0 Å². The molecule has 0 saturated carbocycles. The Kier molecular flexibility index (Phi) is 5.08. The van der Waals surface area contributed by atoms with Crippen molar-refractivity contribution in [3.8, 4) is 5.69 Å². The van der Waals surface area contributed by atoms with Gasteiger partial charge in [0.05, 0.1) is 27.7 Å². The Hall–Kier alpha value is -2.08. The number of fused-ring (bicyclic) bond motifs is 1. The lowest BCUT2D eigenvalue weighted by atomic mass is 10.1. The van der Waals surface area contributed by atoms with Crippen molar-refractivity contribution in [2.45, 2.75) is 5.88 Å². The molecule has 140 valence electrons. The molecule has 2 heterocycles. The van der Waals surface area contributed by atoms with Crippen LogP contribution in [0.15, 0.2) is 47.3 Å². The van der Waals surface area contributed by atoms with E-state index in [1.165, 1.54) is 4.57 Å². The maximum absolute atomic E-state index is 13.3. The van der Waals surface area contributed by atoms with Crippen LogP contribution in [-0.4, -0.2) is 47.7 Å². The Balaban J connectivity index is 1.93. The summed E-state index contributed by atoms with van der Waals surface area (Å²) in [5.41, 5.74) is 2.13. The summed E-state index contributed by atoms with van der Waals surface area (Å²) in [5.74, 6) is 0.608. The number of halogens is 2. The number of benzene rings is 2. The molecule has 0 aliphatic carbocycles. The van der Waals surface area contributed by atoms with Crippen molar-refractivity contribution in [3.63, 3.8) is 0 Å². The van der Waals surface area contributed by atoms with Gasteiger partial charge in [0.25, 0.3) is 5.56 Å². The maximum Gasteiger partial charge on any atom is 0.266 e. The second-order valence-corrected chi connectivity index (χ2v) is 7.39. The number of nitrogens with zero attached hydrogens (tertiary/aromatic N) is 4. The average Bonchev–Trinajstić information content (AvgIpc) is 2.69. The van der Waals surface area contributed by atoms with Gasteiger partial charge in [-0.05, 0) is 31.3 Å². The largest absolute Gasteiger partial charge is 0.367 e. The first-order valence-electron chi connectivity index (χ1n) is 8.89. The standard InChI is InChI=1S/C20H20Cl2N4O/c1-24-9-11-25(12-10-24)17-8-4-5-14-19(17)23-18(13-21)26(20(14)27)16-7-3-2-6-15(16)22/h2-8H,9-13H2,1H3. The molecule has 1 saturated heterocycles. The van der Waals surface area contributed by atoms with Crippen LogP contribution < -0.4 is 10.5 Å². The van der Waals surface area contributed by atoms with E-state index in [1.54, 1.807) is 12.1 Å². The summed E-state index contributed by atoms with van der Waals surface area (Å²) < 4.78 is 1.52. The normalized spacial score (nSPS) is 15.4. The van der Waals surface area contributed by atoms with Gasteiger partial charge in [-0.15, -0.1) is 11.6 Å². The number of piperazine rings is 1. The monoisotopic (exact) mass is 402 g/mol. The summed E-state index contributed by atoms with van der Waals surface area (Å²) in [6, 6.07) is 13.0. The number of para-hydroxylation sites is 2. The van der Waals surface area contributed by atoms with Gasteiger partial charge in [-0.1, -0.05) is 29.8 Å². The molecule has 1 aliphatic rings. The van der Waals surface area contributed by atoms with E-state index in [0.29, 0.717) is 27.4 Å². The molecule has 1 fully saturated rings. The van der Waals surface area contributed by atoms with Crippen molar-refractivity contribution in [1.29, 1.82) is 0 Å². The van der Waals surface area contributed by atoms with Gasteiger partial charge in [0.1, 0.15) is 11.3 Å². The fourth-order valence-corrected chi connectivity index (χ4v) is 3.91. The highest BCUT2D eigenvalue weighted by Crippen LogP contribution is 2.27. The number of anilines is 1. The molecule has 3 aromatic rings. The summed E-state index contributed by atoms with van der Waals surface area (Å²) in [6.07, 6.45) is 0. The Bertz CT molecular complexity index is 1040. The van der Waals surface area contributed by atoms with Crippen LogP contribution in [0.25, 0.3) is 16.6 Å². The van der Waals surface area contributed by atoms with Gasteiger partial charge in [-0.2, -0.15) is 0 Å². The molecule has 0 radical (unpaired) electrons. The van der Waals surface area contributed by atoms with Crippen molar-refractivity contribution in [1.82, 2.24) is 14.5 Å². The third-order valence-electron chi connectivity index (χ3n) is 5.00. The molecule has 2 aromatic carbocycles. The fraction of sp³-hybridized carbons (Fsp3) is 0.300. The van der Waals surface area contributed by atoms with Gasteiger partial charge in [-0.25, -0.2) is 4.98 Å². The minimum atomic E-state index is -0.153. The number of likely N-dealkylation sites (N-methyl/N-ethyl adjacent to an activating group) is 1. The Morgan fingerprint density at radius 3 is 2.41 bits per heavy atom. The summed E-state index contributed by atoms with van der Waals surface area (Å²) in [7, 11) is 2.12. The molecular formula is C20H20Cl2N4O. The highest BCUT2D eigenvalue weighted by atomic mass is 35.5. The summed E-state index contributed by atoms with van der Waals surface area (Å²) in [5, 5.41) is 1.06. The van der Waals surface area contributed by atoms with Crippen LogP contribution in [0, 0.1) is 0 Å². The van der Waals surface area contributed by atoms with Crippen LogP contribution in [-0.2, 0) is 5.88 Å². The van der Waals surface area contributed by atoms with Crippen LogP contribution in [0.1, 0.15) is 5.82 Å². The maximum atomic E-state index is 13.3. The van der Waals surface area contributed by atoms with E-state index >= 15 is 0 Å².